The van der Waals surface area contributed by atoms with Crippen LogP contribution in [0.25, 0.3) is 0 Å². The summed E-state index contributed by atoms with van der Waals surface area (Å²) in [5, 5.41) is 15.5. The summed E-state index contributed by atoms with van der Waals surface area (Å²) in [6.45, 7) is 6.95. The molecular formula is C11H19NOS. The van der Waals surface area contributed by atoms with Gasteiger partial charge in [-0.25, -0.2) is 0 Å². The van der Waals surface area contributed by atoms with Crippen molar-refractivity contribution in [3.05, 3.63) is 22.4 Å². The van der Waals surface area contributed by atoms with Crippen LogP contribution in [0.5, 0.6) is 0 Å². The van der Waals surface area contributed by atoms with E-state index in [1.54, 1.807) is 11.3 Å². The van der Waals surface area contributed by atoms with E-state index < -0.39 is 5.60 Å². The molecule has 1 aromatic rings. The van der Waals surface area contributed by atoms with Crippen LogP contribution in [-0.4, -0.2) is 17.7 Å². The fraction of sp³-hybridized carbons (Fsp3) is 0.636. The van der Waals surface area contributed by atoms with Gasteiger partial charge >= 0.3 is 0 Å². The molecule has 2 N–H and O–H groups in total. The molecule has 0 aliphatic carbocycles. The van der Waals surface area contributed by atoms with Crippen LogP contribution in [-0.2, 0) is 5.60 Å². The van der Waals surface area contributed by atoms with Gasteiger partial charge in [-0.1, -0.05) is 19.9 Å². The Morgan fingerprint density at radius 1 is 1.57 bits per heavy atom. The molecule has 0 saturated carbocycles. The molecule has 0 bridgehead atoms. The average molecular weight is 213 g/mol. The molecule has 80 valence electrons. The molecule has 0 fully saturated rings. The zero-order valence-electron chi connectivity index (χ0n) is 9.08. The van der Waals surface area contributed by atoms with Crippen molar-refractivity contribution in [1.82, 2.24) is 5.32 Å². The molecular weight excluding hydrogens is 194 g/mol. The molecule has 14 heavy (non-hydrogen) atoms. The molecule has 1 atom stereocenters. The van der Waals surface area contributed by atoms with Crippen molar-refractivity contribution in [2.45, 2.75) is 38.8 Å². The van der Waals surface area contributed by atoms with Gasteiger partial charge in [0, 0.05) is 10.9 Å². The second kappa shape index (κ2) is 4.91. The SMILES string of the molecule is CC(C)NCCC(C)(O)c1cccs1. The number of rotatable bonds is 5. The molecule has 2 nitrogen and oxygen atoms in total. The van der Waals surface area contributed by atoms with Crippen LogP contribution >= 0.6 is 11.3 Å². The van der Waals surface area contributed by atoms with E-state index in [2.05, 4.69) is 19.2 Å². The Morgan fingerprint density at radius 3 is 2.79 bits per heavy atom. The Morgan fingerprint density at radius 2 is 2.29 bits per heavy atom. The minimum absolute atomic E-state index is 0.481. The summed E-state index contributed by atoms with van der Waals surface area (Å²) in [7, 11) is 0. The highest BCUT2D eigenvalue weighted by molar-refractivity contribution is 7.10. The van der Waals surface area contributed by atoms with Gasteiger partial charge in [0.05, 0.1) is 5.60 Å². The third kappa shape index (κ3) is 3.40. The van der Waals surface area contributed by atoms with E-state index >= 15 is 0 Å². The van der Waals surface area contributed by atoms with Gasteiger partial charge in [-0.2, -0.15) is 0 Å². The van der Waals surface area contributed by atoms with Gasteiger partial charge < -0.3 is 10.4 Å². The molecule has 3 heteroatoms. The topological polar surface area (TPSA) is 32.3 Å². The molecule has 0 radical (unpaired) electrons. The molecule has 0 amide bonds. The van der Waals surface area contributed by atoms with E-state index in [1.165, 1.54) is 0 Å². The van der Waals surface area contributed by atoms with Crippen molar-refractivity contribution >= 4 is 11.3 Å². The molecule has 0 spiro atoms. The van der Waals surface area contributed by atoms with Gasteiger partial charge in [-0.15, -0.1) is 11.3 Å². The van der Waals surface area contributed by atoms with Crippen LogP contribution in [0.3, 0.4) is 0 Å². The van der Waals surface area contributed by atoms with Gasteiger partial charge in [0.2, 0.25) is 0 Å². The summed E-state index contributed by atoms with van der Waals surface area (Å²) in [5.74, 6) is 0. The summed E-state index contributed by atoms with van der Waals surface area (Å²) in [4.78, 5) is 1.04. The van der Waals surface area contributed by atoms with Crippen molar-refractivity contribution in [2.24, 2.45) is 0 Å². The van der Waals surface area contributed by atoms with Crippen LogP contribution in [0, 0.1) is 0 Å². The van der Waals surface area contributed by atoms with Gasteiger partial charge in [0.25, 0.3) is 0 Å². The lowest BCUT2D eigenvalue weighted by molar-refractivity contribution is 0.0513. The lowest BCUT2D eigenvalue weighted by atomic mass is 10.0. The Kier molecular flexibility index (Phi) is 4.11. The number of nitrogens with one attached hydrogen (secondary N) is 1. The third-order valence-electron chi connectivity index (χ3n) is 2.22. The first kappa shape index (κ1) is 11.7. The van der Waals surface area contributed by atoms with E-state index in [9.17, 15) is 5.11 Å². The highest BCUT2D eigenvalue weighted by Gasteiger charge is 2.23. The quantitative estimate of drug-likeness (QED) is 0.787. The summed E-state index contributed by atoms with van der Waals surface area (Å²) < 4.78 is 0. The number of thiophene rings is 1. The van der Waals surface area contributed by atoms with Crippen LogP contribution < -0.4 is 5.32 Å². The van der Waals surface area contributed by atoms with E-state index in [0.717, 1.165) is 17.8 Å². The first-order valence-corrected chi connectivity index (χ1v) is 5.90. The monoisotopic (exact) mass is 213 g/mol. The average Bonchev–Trinajstić information content (AvgIpc) is 2.54. The second-order valence-corrected chi connectivity index (χ2v) is 5.06. The highest BCUT2D eigenvalue weighted by Crippen LogP contribution is 2.27. The standard InChI is InChI=1S/C11H19NOS/c1-9(2)12-7-6-11(3,13)10-5-4-8-14-10/h4-5,8-9,12-13H,6-7H2,1-3H3. The Balaban J connectivity index is 2.42. The van der Waals surface area contributed by atoms with Crippen molar-refractivity contribution in [1.29, 1.82) is 0 Å². The van der Waals surface area contributed by atoms with E-state index in [1.807, 2.05) is 24.4 Å². The van der Waals surface area contributed by atoms with Crippen molar-refractivity contribution in [2.75, 3.05) is 6.54 Å². The fourth-order valence-corrected chi connectivity index (χ4v) is 2.13. The zero-order chi connectivity index (χ0) is 10.6. The predicted molar refractivity (Wildman–Crippen MR) is 61.6 cm³/mol. The first-order chi connectivity index (χ1) is 6.52. The van der Waals surface area contributed by atoms with E-state index in [-0.39, 0.29) is 0 Å². The summed E-state index contributed by atoms with van der Waals surface area (Å²) >= 11 is 1.61. The van der Waals surface area contributed by atoms with Crippen molar-refractivity contribution in [3.8, 4) is 0 Å². The molecule has 0 saturated heterocycles. The molecule has 1 aromatic heterocycles. The minimum atomic E-state index is -0.684. The Bertz CT molecular complexity index is 254. The van der Waals surface area contributed by atoms with Gasteiger partial charge in [-0.3, -0.25) is 0 Å². The number of hydrogen-bond donors (Lipinski definition) is 2. The molecule has 1 rings (SSSR count). The Labute approximate surface area is 90.0 Å². The van der Waals surface area contributed by atoms with Gasteiger partial charge in [0.15, 0.2) is 0 Å². The second-order valence-electron chi connectivity index (χ2n) is 4.11. The molecule has 1 unspecified atom stereocenters. The van der Waals surface area contributed by atoms with E-state index in [0.29, 0.717) is 6.04 Å². The Hall–Kier alpha value is -0.380. The minimum Gasteiger partial charge on any atom is -0.385 e. The van der Waals surface area contributed by atoms with Crippen molar-refractivity contribution in [3.63, 3.8) is 0 Å². The lowest BCUT2D eigenvalue weighted by Crippen LogP contribution is -2.30. The van der Waals surface area contributed by atoms with Crippen LogP contribution in [0.15, 0.2) is 17.5 Å². The van der Waals surface area contributed by atoms with E-state index in [4.69, 9.17) is 0 Å². The smallest absolute Gasteiger partial charge is 0.0971 e. The normalized spacial score (nSPS) is 15.8. The van der Waals surface area contributed by atoms with Crippen LogP contribution in [0.1, 0.15) is 32.1 Å². The fourth-order valence-electron chi connectivity index (χ4n) is 1.31. The zero-order valence-corrected chi connectivity index (χ0v) is 9.90. The third-order valence-corrected chi connectivity index (χ3v) is 3.34. The molecule has 0 aliphatic rings. The highest BCUT2D eigenvalue weighted by atomic mass is 32.1. The number of aliphatic hydroxyl groups is 1. The molecule has 1 heterocycles. The maximum Gasteiger partial charge on any atom is 0.0971 e. The maximum atomic E-state index is 10.2. The van der Waals surface area contributed by atoms with Gasteiger partial charge in [-0.05, 0) is 31.3 Å². The van der Waals surface area contributed by atoms with Gasteiger partial charge in [0.1, 0.15) is 0 Å². The summed E-state index contributed by atoms with van der Waals surface area (Å²) in [5.41, 5.74) is -0.684. The molecule has 0 aliphatic heterocycles. The largest absolute Gasteiger partial charge is 0.385 e. The lowest BCUT2D eigenvalue weighted by Gasteiger charge is -2.22. The predicted octanol–water partition coefficient (Wildman–Crippen LogP) is 2.34. The summed E-state index contributed by atoms with van der Waals surface area (Å²) in [6, 6.07) is 4.44. The number of hydrogen-bond acceptors (Lipinski definition) is 3. The first-order valence-electron chi connectivity index (χ1n) is 5.02. The van der Waals surface area contributed by atoms with Crippen LogP contribution in [0.2, 0.25) is 0 Å². The molecule has 0 aromatic carbocycles. The van der Waals surface area contributed by atoms with Crippen LogP contribution in [0.4, 0.5) is 0 Å². The summed E-state index contributed by atoms with van der Waals surface area (Å²) in [6.07, 6.45) is 0.756. The maximum absolute atomic E-state index is 10.2. The van der Waals surface area contributed by atoms with Crippen molar-refractivity contribution < 1.29 is 5.11 Å².